The Kier molecular flexibility index (Phi) is 25.4. The number of aromatic amines is 1. The molecule has 0 bridgehead atoms. The van der Waals surface area contributed by atoms with Crippen LogP contribution in [-0.2, 0) is 44.8 Å². The zero-order valence-corrected chi connectivity index (χ0v) is 45.1. The summed E-state index contributed by atoms with van der Waals surface area (Å²) in [6.07, 6.45) is 1.29. The number of amides is 6. The fraction of sp³-hybridized carbons (Fsp3) is 0.440. The second-order valence-corrected chi connectivity index (χ2v) is 17.5. The maximum absolute atomic E-state index is 14.3. The predicted molar refractivity (Wildman–Crippen MR) is 247 cm³/mol. The maximum atomic E-state index is 14.3. The van der Waals surface area contributed by atoms with E-state index in [0.29, 0.717) is 29.5 Å². The van der Waals surface area contributed by atoms with Crippen LogP contribution in [0.2, 0.25) is 0 Å². The van der Waals surface area contributed by atoms with Gasteiger partial charge in [-0.1, -0.05) is 133 Å². The van der Waals surface area contributed by atoms with Gasteiger partial charge in [0.05, 0.1) is 12.0 Å². The molecule has 69 heavy (non-hydrogen) atoms. The fourth-order valence-electron chi connectivity index (χ4n) is 7.91. The van der Waals surface area contributed by atoms with Gasteiger partial charge in [-0.2, -0.15) is 0 Å². The summed E-state index contributed by atoms with van der Waals surface area (Å²) >= 11 is 0. The normalized spacial score (nSPS) is 14.4. The van der Waals surface area contributed by atoms with Crippen molar-refractivity contribution in [2.45, 2.75) is 123 Å². The van der Waals surface area contributed by atoms with E-state index >= 15 is 0 Å². The number of aliphatic carboxylic acids is 2. The number of aromatic nitrogens is 1. The molecule has 1 aromatic heterocycles. The molecule has 360 valence electrons. The molecule has 0 fully saturated rings. The molecule has 7 N–H and O–H groups in total. The first-order valence-corrected chi connectivity index (χ1v) is 22.7. The minimum absolute atomic E-state index is 0. The molecule has 8 atom stereocenters. The molecule has 0 aliphatic heterocycles. The summed E-state index contributed by atoms with van der Waals surface area (Å²) in [6.45, 7) is 11.7. The van der Waals surface area contributed by atoms with E-state index in [4.69, 9.17) is 0 Å². The van der Waals surface area contributed by atoms with Crippen LogP contribution < -0.4 is 101 Å². The number of rotatable bonds is 25. The van der Waals surface area contributed by atoms with Crippen LogP contribution in [0.15, 0.2) is 91.1 Å². The Balaban J connectivity index is 0.00000817. The maximum Gasteiger partial charge on any atom is 1.00 e. The number of nitrogens with one attached hydrogen (secondary N) is 7. The standard InChI is InChI=1S/C50H65N7O10.2Na/c1-8-29(5)42(47(63)55-39(50(66)67)25-34-27-51-36-23-17-16-22-35(34)36)57-48(64)43(30(6)9-2)56-46(62)38(26-40(59)60)53-45(61)37(24-28(3)4)54-49(65)44(52-31(7)58)41(32-18-12-10-13-19-32)33-20-14-11-15-21-33;;/h10-23,27-30,37-39,41-44,51H,8-9,24-26H2,1-7H3,(H,52,58)(H,53,61)(H,54,65)(H,55,63)(H,56,62)(H,57,64)(H,59,60)(H,66,67);;/q;2*+1/p-2/t29-,30-,37-,38-,39-,42-,43-,44+;;/m0../s1. The average molecular weight is 968 g/mol. The molecule has 0 spiro atoms. The third-order valence-electron chi connectivity index (χ3n) is 11.9. The minimum Gasteiger partial charge on any atom is -0.550 e. The number of carboxylic acid groups (broad SMARTS) is 2. The van der Waals surface area contributed by atoms with Crippen molar-refractivity contribution in [1.29, 1.82) is 0 Å². The summed E-state index contributed by atoms with van der Waals surface area (Å²) in [5.74, 6) is -10.1. The molecule has 19 heteroatoms. The van der Waals surface area contributed by atoms with Crippen LogP contribution in [0.5, 0.6) is 0 Å². The van der Waals surface area contributed by atoms with Crippen molar-refractivity contribution >= 4 is 58.3 Å². The molecular formula is C50H63N7Na2O10. The predicted octanol–water partition coefficient (Wildman–Crippen LogP) is -4.49. The number of hydrogen-bond acceptors (Lipinski definition) is 10. The van der Waals surface area contributed by atoms with Gasteiger partial charge in [-0.25, -0.2) is 0 Å². The van der Waals surface area contributed by atoms with Gasteiger partial charge in [0, 0.05) is 48.8 Å². The largest absolute Gasteiger partial charge is 1.00 e. The van der Waals surface area contributed by atoms with Crippen LogP contribution in [0.3, 0.4) is 0 Å². The van der Waals surface area contributed by atoms with Crippen LogP contribution in [-0.4, -0.2) is 88.6 Å². The Morgan fingerprint density at radius 1 is 0.551 bits per heavy atom. The van der Waals surface area contributed by atoms with Crippen LogP contribution >= 0.6 is 0 Å². The zero-order chi connectivity index (χ0) is 49.4. The van der Waals surface area contributed by atoms with E-state index in [-0.39, 0.29) is 77.9 Å². The summed E-state index contributed by atoms with van der Waals surface area (Å²) in [6, 6.07) is 16.9. The van der Waals surface area contributed by atoms with Crippen LogP contribution in [0.4, 0.5) is 0 Å². The van der Waals surface area contributed by atoms with E-state index < -0.39 is 108 Å². The zero-order valence-electron chi connectivity index (χ0n) is 41.1. The molecule has 1 heterocycles. The van der Waals surface area contributed by atoms with E-state index in [1.807, 2.05) is 54.6 Å². The van der Waals surface area contributed by atoms with Crippen molar-refractivity contribution in [1.82, 2.24) is 36.9 Å². The third kappa shape index (κ3) is 17.7. The van der Waals surface area contributed by atoms with Gasteiger partial charge in [-0.05, 0) is 46.9 Å². The first kappa shape index (κ1) is 60.1. The molecule has 0 radical (unpaired) electrons. The Morgan fingerprint density at radius 3 is 1.49 bits per heavy atom. The van der Waals surface area contributed by atoms with Crippen molar-refractivity contribution in [2.24, 2.45) is 17.8 Å². The third-order valence-corrected chi connectivity index (χ3v) is 11.9. The molecule has 4 rings (SSSR count). The molecule has 0 aliphatic rings. The number of para-hydroxylation sites is 1. The summed E-state index contributed by atoms with van der Waals surface area (Å²) < 4.78 is 0. The van der Waals surface area contributed by atoms with Gasteiger partial charge in [0.1, 0.15) is 30.2 Å². The molecule has 0 saturated heterocycles. The van der Waals surface area contributed by atoms with Gasteiger partial charge >= 0.3 is 59.1 Å². The second-order valence-electron chi connectivity index (χ2n) is 17.5. The van der Waals surface area contributed by atoms with Crippen LogP contribution in [0.1, 0.15) is 96.8 Å². The van der Waals surface area contributed by atoms with Crippen LogP contribution in [0, 0.1) is 17.8 Å². The van der Waals surface area contributed by atoms with E-state index in [1.54, 1.807) is 78.1 Å². The SMILES string of the molecule is CC[C@H](C)[C@H](NC(=O)[C@H](CC(=O)[O-])NC(=O)[C@H](CC(C)C)NC(=O)[C@H](NC(C)=O)C(c1ccccc1)c1ccccc1)C(=O)N[C@H](C(=O)N[C@@H](Cc1c[nH]c2ccccc12)C(=O)[O-])[C@@H](C)CC.[Na+].[Na+]. The fourth-order valence-corrected chi connectivity index (χ4v) is 7.91. The number of fused-ring (bicyclic) bond motifs is 1. The number of H-pyrrole nitrogens is 1. The molecular weight excluding hydrogens is 905 g/mol. The summed E-state index contributed by atoms with van der Waals surface area (Å²) in [5, 5.41) is 40.8. The van der Waals surface area contributed by atoms with Gasteiger partial charge in [0.15, 0.2) is 0 Å². The van der Waals surface area contributed by atoms with E-state index in [1.165, 1.54) is 6.92 Å². The Bertz CT molecular complexity index is 2310. The first-order valence-electron chi connectivity index (χ1n) is 22.7. The van der Waals surface area contributed by atoms with Gasteiger partial charge in [-0.15, -0.1) is 0 Å². The van der Waals surface area contributed by atoms with Gasteiger partial charge in [0.2, 0.25) is 35.4 Å². The Hall–Kier alpha value is -5.04. The van der Waals surface area contributed by atoms with Crippen LogP contribution in [0.25, 0.3) is 10.9 Å². The average Bonchev–Trinajstić information content (AvgIpc) is 3.70. The molecule has 4 aromatic rings. The van der Waals surface area contributed by atoms with E-state index in [2.05, 4.69) is 36.9 Å². The first-order chi connectivity index (χ1) is 31.8. The number of carbonyl (C=O) groups is 8. The number of hydrogen-bond donors (Lipinski definition) is 7. The van der Waals surface area contributed by atoms with Crippen molar-refractivity contribution in [3.05, 3.63) is 108 Å². The van der Waals surface area contributed by atoms with Crippen molar-refractivity contribution in [3.8, 4) is 0 Å². The number of benzene rings is 3. The second kappa shape index (κ2) is 29.2. The minimum atomic E-state index is -1.79. The van der Waals surface area contributed by atoms with Gasteiger partial charge < -0.3 is 56.7 Å². The van der Waals surface area contributed by atoms with Gasteiger partial charge in [-0.3, -0.25) is 28.8 Å². The van der Waals surface area contributed by atoms with E-state index in [0.717, 1.165) is 10.9 Å². The van der Waals surface area contributed by atoms with Crippen molar-refractivity contribution < 1.29 is 108 Å². The van der Waals surface area contributed by atoms with Crippen molar-refractivity contribution in [2.75, 3.05) is 0 Å². The quantitative estimate of drug-likeness (QED) is 0.0313. The monoisotopic (exact) mass is 967 g/mol. The van der Waals surface area contributed by atoms with Gasteiger partial charge in [0.25, 0.3) is 0 Å². The topological polar surface area (TPSA) is 271 Å². The smallest absolute Gasteiger partial charge is 0.550 e. The number of carboxylic acids is 2. The molecule has 0 unspecified atom stereocenters. The molecule has 3 aromatic carbocycles. The van der Waals surface area contributed by atoms with Crippen molar-refractivity contribution in [3.63, 3.8) is 0 Å². The van der Waals surface area contributed by atoms with E-state index in [9.17, 15) is 48.6 Å². The molecule has 0 aliphatic carbocycles. The molecule has 0 saturated carbocycles. The molecule has 6 amide bonds. The Labute approximate surface area is 447 Å². The summed E-state index contributed by atoms with van der Waals surface area (Å²) in [5.41, 5.74) is 2.81. The summed E-state index contributed by atoms with van der Waals surface area (Å²) in [4.78, 5) is 110. The Morgan fingerprint density at radius 2 is 1.00 bits per heavy atom. The summed E-state index contributed by atoms with van der Waals surface area (Å²) in [7, 11) is 0. The molecule has 17 nitrogen and oxygen atoms in total. The number of carbonyl (C=O) groups excluding carboxylic acids is 8.